The van der Waals surface area contributed by atoms with E-state index in [1.165, 1.54) is 38.0 Å². The summed E-state index contributed by atoms with van der Waals surface area (Å²) in [6, 6.07) is 0. The lowest BCUT2D eigenvalue weighted by Gasteiger charge is -2.33. The van der Waals surface area contributed by atoms with Gasteiger partial charge in [0.25, 0.3) is 0 Å². The van der Waals surface area contributed by atoms with Crippen LogP contribution in [0, 0.1) is 5.92 Å². The highest BCUT2D eigenvalue weighted by atomic mass is 15.1. The van der Waals surface area contributed by atoms with Crippen molar-refractivity contribution in [3.63, 3.8) is 0 Å². The van der Waals surface area contributed by atoms with Crippen molar-refractivity contribution in [3.05, 3.63) is 12.2 Å². The van der Waals surface area contributed by atoms with Crippen LogP contribution in [0.2, 0.25) is 0 Å². The van der Waals surface area contributed by atoms with E-state index in [1.807, 2.05) is 7.05 Å². The van der Waals surface area contributed by atoms with Gasteiger partial charge in [-0.25, -0.2) is 0 Å². The molecule has 1 heterocycles. The molecule has 0 saturated carbocycles. The third-order valence-corrected chi connectivity index (χ3v) is 3.23. The second kappa shape index (κ2) is 6.20. The van der Waals surface area contributed by atoms with E-state index in [4.69, 9.17) is 0 Å². The molecule has 1 rings (SSSR count). The van der Waals surface area contributed by atoms with Crippen molar-refractivity contribution in [2.75, 3.05) is 33.2 Å². The highest BCUT2D eigenvalue weighted by Gasteiger charge is 2.20. The van der Waals surface area contributed by atoms with Crippen LogP contribution in [0.3, 0.4) is 0 Å². The zero-order chi connectivity index (χ0) is 10.4. The van der Waals surface area contributed by atoms with E-state index in [9.17, 15) is 0 Å². The van der Waals surface area contributed by atoms with Crippen molar-refractivity contribution in [1.29, 1.82) is 0 Å². The molecule has 14 heavy (non-hydrogen) atoms. The molecule has 1 unspecified atom stereocenters. The molecule has 0 radical (unpaired) electrons. The van der Waals surface area contributed by atoms with E-state index in [0.29, 0.717) is 0 Å². The smallest absolute Gasteiger partial charge is 0.00468 e. The van der Waals surface area contributed by atoms with Gasteiger partial charge in [0.15, 0.2) is 0 Å². The standard InChI is InChI=1S/C12H24N2/c1-4-14-9-5-6-12(10-14)11(2)7-8-13-3/h12-13H,2,4-10H2,1,3H3. The van der Waals surface area contributed by atoms with Gasteiger partial charge < -0.3 is 10.2 Å². The van der Waals surface area contributed by atoms with Crippen LogP contribution < -0.4 is 5.32 Å². The van der Waals surface area contributed by atoms with Crippen LogP contribution in [-0.2, 0) is 0 Å². The fourth-order valence-electron chi connectivity index (χ4n) is 2.17. The van der Waals surface area contributed by atoms with Crippen molar-refractivity contribution >= 4 is 0 Å². The van der Waals surface area contributed by atoms with Gasteiger partial charge >= 0.3 is 0 Å². The van der Waals surface area contributed by atoms with Gasteiger partial charge in [-0.05, 0) is 51.9 Å². The quantitative estimate of drug-likeness (QED) is 0.675. The number of piperidine rings is 1. The van der Waals surface area contributed by atoms with Crippen LogP contribution >= 0.6 is 0 Å². The number of likely N-dealkylation sites (tertiary alicyclic amines) is 1. The highest BCUT2D eigenvalue weighted by Crippen LogP contribution is 2.23. The highest BCUT2D eigenvalue weighted by molar-refractivity contribution is 5.03. The topological polar surface area (TPSA) is 15.3 Å². The normalized spacial score (nSPS) is 23.7. The fourth-order valence-corrected chi connectivity index (χ4v) is 2.17. The largest absolute Gasteiger partial charge is 0.319 e. The summed E-state index contributed by atoms with van der Waals surface area (Å²) in [5.74, 6) is 0.747. The summed E-state index contributed by atoms with van der Waals surface area (Å²) in [4.78, 5) is 2.54. The van der Waals surface area contributed by atoms with Gasteiger partial charge in [-0.1, -0.05) is 19.1 Å². The SMILES string of the molecule is C=C(CCNC)C1CCCN(CC)C1. The fraction of sp³-hybridized carbons (Fsp3) is 0.833. The Balaban J connectivity index is 2.31. The first-order chi connectivity index (χ1) is 6.77. The Morgan fingerprint density at radius 2 is 2.36 bits per heavy atom. The van der Waals surface area contributed by atoms with E-state index < -0.39 is 0 Å². The third-order valence-electron chi connectivity index (χ3n) is 3.23. The minimum absolute atomic E-state index is 0.747. The Morgan fingerprint density at radius 1 is 1.57 bits per heavy atom. The molecule has 0 aromatic carbocycles. The van der Waals surface area contributed by atoms with Crippen molar-refractivity contribution < 1.29 is 0 Å². The molecule has 0 bridgehead atoms. The zero-order valence-electron chi connectivity index (χ0n) is 9.68. The average Bonchev–Trinajstić information content (AvgIpc) is 2.26. The Morgan fingerprint density at radius 3 is 3.00 bits per heavy atom. The van der Waals surface area contributed by atoms with Crippen LogP contribution in [0.15, 0.2) is 12.2 Å². The molecule has 1 N–H and O–H groups in total. The van der Waals surface area contributed by atoms with Gasteiger partial charge in [-0.3, -0.25) is 0 Å². The van der Waals surface area contributed by atoms with Gasteiger partial charge in [0.2, 0.25) is 0 Å². The maximum absolute atomic E-state index is 4.22. The maximum atomic E-state index is 4.22. The Hall–Kier alpha value is -0.340. The molecule has 0 aromatic heterocycles. The van der Waals surface area contributed by atoms with Crippen LogP contribution in [0.5, 0.6) is 0 Å². The Kier molecular flexibility index (Phi) is 5.20. The molecule has 2 heteroatoms. The van der Waals surface area contributed by atoms with E-state index in [1.54, 1.807) is 0 Å². The molecule has 82 valence electrons. The monoisotopic (exact) mass is 196 g/mol. The first-order valence-corrected chi connectivity index (χ1v) is 5.82. The second-order valence-corrected chi connectivity index (χ2v) is 4.24. The first-order valence-electron chi connectivity index (χ1n) is 5.82. The first kappa shape index (κ1) is 11.7. The predicted octanol–water partition coefficient (Wildman–Crippen LogP) is 1.88. The van der Waals surface area contributed by atoms with Gasteiger partial charge in [-0.15, -0.1) is 0 Å². The van der Waals surface area contributed by atoms with Gasteiger partial charge in [0, 0.05) is 6.54 Å². The lowest BCUT2D eigenvalue weighted by Crippen LogP contribution is -2.36. The van der Waals surface area contributed by atoms with Gasteiger partial charge in [-0.2, -0.15) is 0 Å². The summed E-state index contributed by atoms with van der Waals surface area (Å²) in [7, 11) is 2.01. The van der Waals surface area contributed by atoms with Crippen molar-refractivity contribution in [2.45, 2.75) is 26.2 Å². The zero-order valence-corrected chi connectivity index (χ0v) is 9.68. The predicted molar refractivity (Wildman–Crippen MR) is 62.5 cm³/mol. The van der Waals surface area contributed by atoms with E-state index in [-0.39, 0.29) is 0 Å². The minimum Gasteiger partial charge on any atom is -0.319 e. The molecule has 1 atom stereocenters. The lowest BCUT2D eigenvalue weighted by molar-refractivity contribution is 0.198. The summed E-state index contributed by atoms with van der Waals surface area (Å²) in [5.41, 5.74) is 1.44. The van der Waals surface area contributed by atoms with Crippen molar-refractivity contribution in [1.82, 2.24) is 10.2 Å². The van der Waals surface area contributed by atoms with Crippen molar-refractivity contribution in [2.24, 2.45) is 5.92 Å². The molecule has 1 saturated heterocycles. The van der Waals surface area contributed by atoms with Crippen LogP contribution in [0.25, 0.3) is 0 Å². The van der Waals surface area contributed by atoms with Crippen molar-refractivity contribution in [3.8, 4) is 0 Å². The third kappa shape index (κ3) is 3.43. The molecule has 0 amide bonds. The maximum Gasteiger partial charge on any atom is 0.00468 e. The molecular weight excluding hydrogens is 172 g/mol. The Bertz CT molecular complexity index is 177. The number of hydrogen-bond donors (Lipinski definition) is 1. The molecule has 1 aliphatic rings. The number of rotatable bonds is 5. The second-order valence-electron chi connectivity index (χ2n) is 4.24. The summed E-state index contributed by atoms with van der Waals surface area (Å²) in [6.07, 6.45) is 3.83. The molecule has 1 aliphatic heterocycles. The molecule has 1 fully saturated rings. The van der Waals surface area contributed by atoms with E-state index >= 15 is 0 Å². The van der Waals surface area contributed by atoms with Gasteiger partial charge in [0.1, 0.15) is 0 Å². The molecular formula is C12H24N2. The molecule has 0 aromatic rings. The summed E-state index contributed by atoms with van der Waals surface area (Å²) >= 11 is 0. The summed E-state index contributed by atoms with van der Waals surface area (Å²) in [6.45, 7) is 11.2. The molecule has 2 nitrogen and oxygen atoms in total. The van der Waals surface area contributed by atoms with Crippen LogP contribution in [0.1, 0.15) is 26.2 Å². The number of nitrogens with one attached hydrogen (secondary N) is 1. The van der Waals surface area contributed by atoms with Gasteiger partial charge in [0.05, 0.1) is 0 Å². The lowest BCUT2D eigenvalue weighted by atomic mass is 9.89. The molecule has 0 aliphatic carbocycles. The minimum atomic E-state index is 0.747. The average molecular weight is 196 g/mol. The number of hydrogen-bond acceptors (Lipinski definition) is 2. The summed E-state index contributed by atoms with van der Waals surface area (Å²) in [5, 5.41) is 3.19. The van der Waals surface area contributed by atoms with Crippen LogP contribution in [-0.4, -0.2) is 38.1 Å². The van der Waals surface area contributed by atoms with E-state index in [2.05, 4.69) is 23.7 Å². The van der Waals surface area contributed by atoms with E-state index in [0.717, 1.165) is 18.9 Å². The molecule has 0 spiro atoms. The Labute approximate surface area is 88.4 Å². The van der Waals surface area contributed by atoms with Crippen LogP contribution in [0.4, 0.5) is 0 Å². The summed E-state index contributed by atoms with van der Waals surface area (Å²) < 4.78 is 0. The number of nitrogens with zero attached hydrogens (tertiary/aromatic N) is 1.